The Hall–Kier alpha value is -1.78. The molecule has 2 bridgehead atoms. The molecule has 5 heteroatoms. The summed E-state index contributed by atoms with van der Waals surface area (Å²) in [4.78, 5) is 15.8. The number of nitrogen functional groups attached to an aromatic ring is 1. The Morgan fingerprint density at radius 1 is 1.33 bits per heavy atom. The van der Waals surface area contributed by atoms with Crippen molar-refractivity contribution >= 4 is 17.5 Å². The highest BCUT2D eigenvalue weighted by molar-refractivity contribution is 5.89. The van der Waals surface area contributed by atoms with Crippen LogP contribution in [0.15, 0.2) is 18.3 Å². The standard InChI is InChI=1S/C13H18N4O/c14-12-4-3-10(7-15-12)16-13(18)17-11-6-8-1-2-9(11)5-8/h3-4,7-9,11H,1-2,5-6H2,(H2,14,15)(H2,16,17,18)/t8-,9+,11-/m1/s1. The van der Waals surface area contributed by atoms with Gasteiger partial charge in [-0.1, -0.05) is 6.42 Å². The number of hydrogen-bond donors (Lipinski definition) is 3. The van der Waals surface area contributed by atoms with E-state index in [0.29, 0.717) is 23.5 Å². The van der Waals surface area contributed by atoms with Gasteiger partial charge in [0.2, 0.25) is 0 Å². The van der Waals surface area contributed by atoms with E-state index in [0.717, 1.165) is 12.3 Å². The molecule has 2 aliphatic carbocycles. The number of rotatable bonds is 2. The maximum absolute atomic E-state index is 11.8. The Morgan fingerprint density at radius 3 is 2.83 bits per heavy atom. The molecule has 2 fully saturated rings. The maximum Gasteiger partial charge on any atom is 0.319 e. The molecule has 5 nitrogen and oxygen atoms in total. The molecule has 0 unspecified atom stereocenters. The van der Waals surface area contributed by atoms with E-state index < -0.39 is 0 Å². The van der Waals surface area contributed by atoms with Crippen LogP contribution in [0.1, 0.15) is 25.7 Å². The topological polar surface area (TPSA) is 80.0 Å². The molecule has 0 spiro atoms. The van der Waals surface area contributed by atoms with Crippen molar-refractivity contribution in [3.63, 3.8) is 0 Å². The molecule has 1 aromatic heterocycles. The molecule has 0 radical (unpaired) electrons. The predicted molar refractivity (Wildman–Crippen MR) is 70.0 cm³/mol. The highest BCUT2D eigenvalue weighted by Gasteiger charge is 2.40. The monoisotopic (exact) mass is 246 g/mol. The van der Waals surface area contributed by atoms with Gasteiger partial charge in [0.1, 0.15) is 5.82 Å². The summed E-state index contributed by atoms with van der Waals surface area (Å²) in [6.07, 6.45) is 6.59. The minimum absolute atomic E-state index is 0.140. The number of carbonyl (C=O) groups is 1. The number of aromatic nitrogens is 1. The zero-order valence-electron chi connectivity index (χ0n) is 10.2. The van der Waals surface area contributed by atoms with Crippen LogP contribution in [0.3, 0.4) is 0 Å². The number of carbonyl (C=O) groups excluding carboxylic acids is 1. The van der Waals surface area contributed by atoms with Gasteiger partial charge in [-0.25, -0.2) is 9.78 Å². The lowest BCUT2D eigenvalue weighted by Gasteiger charge is -2.22. The average molecular weight is 246 g/mol. The van der Waals surface area contributed by atoms with Gasteiger partial charge < -0.3 is 16.4 Å². The molecule has 1 aromatic rings. The fourth-order valence-corrected chi connectivity index (χ4v) is 3.24. The van der Waals surface area contributed by atoms with E-state index in [1.54, 1.807) is 18.3 Å². The van der Waals surface area contributed by atoms with Crippen molar-refractivity contribution < 1.29 is 4.79 Å². The van der Waals surface area contributed by atoms with Gasteiger partial charge >= 0.3 is 6.03 Å². The van der Waals surface area contributed by atoms with Crippen LogP contribution in [0, 0.1) is 11.8 Å². The van der Waals surface area contributed by atoms with E-state index in [4.69, 9.17) is 5.73 Å². The first kappa shape index (κ1) is 11.3. The number of nitrogens with two attached hydrogens (primary N) is 1. The number of hydrogen-bond acceptors (Lipinski definition) is 3. The Balaban J connectivity index is 1.54. The summed E-state index contributed by atoms with van der Waals surface area (Å²) in [6.45, 7) is 0. The molecule has 2 saturated carbocycles. The van der Waals surface area contributed by atoms with Crippen molar-refractivity contribution in [1.29, 1.82) is 0 Å². The third kappa shape index (κ3) is 2.25. The largest absolute Gasteiger partial charge is 0.384 e. The summed E-state index contributed by atoms with van der Waals surface area (Å²) in [6, 6.07) is 3.64. The van der Waals surface area contributed by atoms with E-state index in [9.17, 15) is 4.79 Å². The SMILES string of the molecule is Nc1ccc(NC(=O)N[C@@H]2C[C@@H]3CC[C@H]2C3)cn1. The van der Waals surface area contributed by atoms with E-state index in [2.05, 4.69) is 15.6 Å². The Morgan fingerprint density at radius 2 is 2.22 bits per heavy atom. The van der Waals surface area contributed by atoms with E-state index in [1.165, 1.54) is 19.3 Å². The number of anilines is 2. The second-order valence-electron chi connectivity index (χ2n) is 5.35. The molecule has 4 N–H and O–H groups in total. The number of fused-ring (bicyclic) bond motifs is 2. The van der Waals surface area contributed by atoms with Crippen LogP contribution in [0.4, 0.5) is 16.3 Å². The third-order valence-electron chi connectivity index (χ3n) is 4.10. The van der Waals surface area contributed by atoms with Gasteiger partial charge in [0.15, 0.2) is 0 Å². The molecule has 0 saturated heterocycles. The first-order valence-corrected chi connectivity index (χ1v) is 6.50. The van der Waals surface area contributed by atoms with Crippen LogP contribution in [0.25, 0.3) is 0 Å². The Kier molecular flexibility index (Phi) is 2.81. The lowest BCUT2D eigenvalue weighted by atomic mass is 9.95. The van der Waals surface area contributed by atoms with E-state index in [-0.39, 0.29) is 6.03 Å². The fraction of sp³-hybridized carbons (Fsp3) is 0.538. The number of nitrogens with one attached hydrogen (secondary N) is 2. The molecular formula is C13H18N4O. The van der Waals surface area contributed by atoms with Crippen LogP contribution in [-0.2, 0) is 0 Å². The molecule has 18 heavy (non-hydrogen) atoms. The second kappa shape index (κ2) is 4.48. The van der Waals surface area contributed by atoms with Crippen molar-refractivity contribution in [3.05, 3.63) is 18.3 Å². The van der Waals surface area contributed by atoms with Gasteiger partial charge in [-0.05, 0) is 43.2 Å². The Bertz CT molecular complexity index is 445. The first-order valence-electron chi connectivity index (χ1n) is 6.50. The van der Waals surface area contributed by atoms with Crippen LogP contribution in [0.2, 0.25) is 0 Å². The predicted octanol–water partition coefficient (Wildman–Crippen LogP) is 1.97. The molecule has 96 valence electrons. The van der Waals surface area contributed by atoms with Gasteiger partial charge in [0, 0.05) is 6.04 Å². The third-order valence-corrected chi connectivity index (χ3v) is 4.10. The van der Waals surface area contributed by atoms with Crippen LogP contribution in [0.5, 0.6) is 0 Å². The van der Waals surface area contributed by atoms with Gasteiger partial charge in [0.25, 0.3) is 0 Å². The van der Waals surface area contributed by atoms with E-state index in [1.807, 2.05) is 0 Å². The van der Waals surface area contributed by atoms with Crippen molar-refractivity contribution in [2.45, 2.75) is 31.7 Å². The first-order chi connectivity index (χ1) is 8.70. The molecule has 0 aliphatic heterocycles. The molecule has 0 aromatic carbocycles. The van der Waals surface area contributed by atoms with Crippen molar-refractivity contribution in [3.8, 4) is 0 Å². The minimum atomic E-state index is -0.140. The van der Waals surface area contributed by atoms with Crippen LogP contribution < -0.4 is 16.4 Å². The number of nitrogens with zero attached hydrogens (tertiary/aromatic N) is 1. The number of pyridine rings is 1. The summed E-state index contributed by atoms with van der Waals surface area (Å²) >= 11 is 0. The molecule has 2 amide bonds. The lowest BCUT2D eigenvalue weighted by molar-refractivity contribution is 0.242. The lowest BCUT2D eigenvalue weighted by Crippen LogP contribution is -2.41. The van der Waals surface area contributed by atoms with Crippen molar-refractivity contribution in [2.24, 2.45) is 11.8 Å². The van der Waals surface area contributed by atoms with Gasteiger partial charge in [-0.3, -0.25) is 0 Å². The maximum atomic E-state index is 11.8. The van der Waals surface area contributed by atoms with Crippen LogP contribution >= 0.6 is 0 Å². The fourth-order valence-electron chi connectivity index (χ4n) is 3.24. The normalized spacial score (nSPS) is 29.2. The summed E-state index contributed by atoms with van der Waals surface area (Å²) in [5, 5.41) is 5.85. The Labute approximate surface area is 106 Å². The molecule has 1 heterocycles. The number of urea groups is 1. The highest BCUT2D eigenvalue weighted by atomic mass is 16.2. The van der Waals surface area contributed by atoms with Gasteiger partial charge in [-0.2, -0.15) is 0 Å². The molecule has 3 rings (SSSR count). The summed E-state index contributed by atoms with van der Waals surface area (Å²) in [5.74, 6) is 1.97. The zero-order valence-corrected chi connectivity index (χ0v) is 10.2. The summed E-state index contributed by atoms with van der Waals surface area (Å²) in [5.41, 5.74) is 6.16. The summed E-state index contributed by atoms with van der Waals surface area (Å²) in [7, 11) is 0. The molecule has 3 atom stereocenters. The number of amides is 2. The summed E-state index contributed by atoms with van der Waals surface area (Å²) < 4.78 is 0. The molecular weight excluding hydrogens is 228 g/mol. The smallest absolute Gasteiger partial charge is 0.319 e. The van der Waals surface area contributed by atoms with Crippen molar-refractivity contribution in [1.82, 2.24) is 10.3 Å². The van der Waals surface area contributed by atoms with Crippen molar-refractivity contribution in [2.75, 3.05) is 11.1 Å². The molecule has 2 aliphatic rings. The zero-order chi connectivity index (χ0) is 12.5. The second-order valence-corrected chi connectivity index (χ2v) is 5.35. The van der Waals surface area contributed by atoms with Crippen LogP contribution in [-0.4, -0.2) is 17.1 Å². The average Bonchev–Trinajstić information content (AvgIpc) is 2.94. The highest BCUT2D eigenvalue weighted by Crippen LogP contribution is 2.44. The minimum Gasteiger partial charge on any atom is -0.384 e. The van der Waals surface area contributed by atoms with Gasteiger partial charge in [0.05, 0.1) is 11.9 Å². The van der Waals surface area contributed by atoms with Gasteiger partial charge in [-0.15, -0.1) is 0 Å². The quantitative estimate of drug-likeness (QED) is 0.746. The van der Waals surface area contributed by atoms with E-state index >= 15 is 0 Å².